The smallest absolute Gasteiger partial charge is 0.424 e. The van der Waals surface area contributed by atoms with Crippen LogP contribution in [0, 0.1) is 87.5 Å². The maximum Gasteiger partial charge on any atom is 2.00 e. The molecule has 38 heavy (non-hydrogen) atoms. The Bertz CT molecular complexity index is 1060. The number of ether oxygens (including phenoxy) is 1. The summed E-state index contributed by atoms with van der Waals surface area (Å²) in [7, 11) is 0. The van der Waals surface area contributed by atoms with E-state index in [1.165, 1.54) is 30.9 Å². The molecule has 3 aromatic carbocycles. The summed E-state index contributed by atoms with van der Waals surface area (Å²) in [6.45, 7) is 12.6. The largest absolute Gasteiger partial charge is 2.00 e. The number of hydrogen-bond donors (Lipinski definition) is 1. The van der Waals surface area contributed by atoms with Crippen molar-refractivity contribution in [1.29, 1.82) is 5.41 Å². The van der Waals surface area contributed by atoms with Crippen molar-refractivity contribution in [2.45, 2.75) is 45.4 Å². The van der Waals surface area contributed by atoms with Gasteiger partial charge in [0.25, 0.3) is 0 Å². The zero-order valence-corrected chi connectivity index (χ0v) is 30.4. The molecule has 0 aliphatic rings. The van der Waals surface area contributed by atoms with E-state index in [4.69, 9.17) is 14.9 Å². The van der Waals surface area contributed by atoms with E-state index in [9.17, 15) is 4.79 Å². The quantitative estimate of drug-likeness (QED) is 0.0564. The van der Waals surface area contributed by atoms with E-state index in [1.807, 2.05) is 12.1 Å². The van der Waals surface area contributed by atoms with E-state index in [2.05, 4.69) is 57.7 Å². The molecule has 0 heterocycles. The van der Waals surface area contributed by atoms with Crippen LogP contribution in [0.4, 0.5) is 0 Å². The third kappa shape index (κ3) is 15.0. The molecule has 0 bridgehead atoms. The summed E-state index contributed by atoms with van der Waals surface area (Å²) in [5.41, 5.74) is 4.39. The van der Waals surface area contributed by atoms with Gasteiger partial charge in [0.1, 0.15) is 5.75 Å². The number of rotatable bonds is 10. The Morgan fingerprint density at radius 3 is 2.03 bits per heavy atom. The fraction of sp³-hybridized carbons (Fsp3) is 0.219. The number of nitrogens with one attached hydrogen (secondary N) is 1. The van der Waals surface area contributed by atoms with E-state index in [-0.39, 0.29) is 62.2 Å². The SMILES string of the molecule is C=C[C-]=O.CCCc1ccc(-c2ccc(OC(=O)c3cc[c-]cc3)c(C=N)c2)cc1.[CH2-]CCCC[CH2-].[U+2].[U+2]. The second-order valence-corrected chi connectivity index (χ2v) is 7.76. The number of unbranched alkanes of at least 4 members (excludes halogenated alkanes) is 3. The first kappa shape index (κ1) is 38.5. The van der Waals surface area contributed by atoms with Gasteiger partial charge < -0.3 is 28.8 Å². The van der Waals surface area contributed by atoms with E-state index in [1.54, 1.807) is 30.3 Å². The Kier molecular flexibility index (Phi) is 24.7. The molecule has 0 amide bonds. The van der Waals surface area contributed by atoms with Gasteiger partial charge in [-0.05, 0) is 47.1 Å². The van der Waals surface area contributed by atoms with E-state index in [0.717, 1.165) is 42.9 Å². The first-order valence-electron chi connectivity index (χ1n) is 12.0. The standard InChI is InChI=1S/C23H20NO2.C6H12.C3H3O.2U/c1-2-6-17-9-11-18(12-10-17)20-13-14-22(21(15-20)16-24)26-23(25)19-7-4-3-5-8-19;1-3-5-6-4-2;1-2-3-4;;/h4-5,7-16,24H,2,6H2,1H3;1-6H2;2H,1H2;;/q-1;-2;-1;2*+2. The average Bonchev–Trinajstić information content (AvgIpc) is 2.93. The predicted molar refractivity (Wildman–Crippen MR) is 149 cm³/mol. The maximum absolute atomic E-state index is 12.2. The molecule has 194 valence electrons. The molecule has 0 aliphatic carbocycles. The third-order valence-electron chi connectivity index (χ3n) is 4.98. The number of benzene rings is 3. The van der Waals surface area contributed by atoms with Gasteiger partial charge >= 0.3 is 68.2 Å². The van der Waals surface area contributed by atoms with Gasteiger partial charge in [0.15, 0.2) is 0 Å². The molecule has 4 nitrogen and oxygen atoms in total. The zero-order valence-electron chi connectivity index (χ0n) is 22.1. The molecule has 3 rings (SSSR count). The van der Waals surface area contributed by atoms with Crippen molar-refractivity contribution >= 4 is 18.5 Å². The van der Waals surface area contributed by atoms with Crippen LogP contribution in [0.15, 0.2) is 79.4 Å². The number of hydrogen-bond acceptors (Lipinski definition) is 4. The summed E-state index contributed by atoms with van der Waals surface area (Å²) in [5.74, 6) is -0.0667. The molecular formula is C32H35NO3U2. The normalized spacial score (nSPS) is 9.03. The number of esters is 1. The minimum Gasteiger partial charge on any atom is -0.424 e. The van der Waals surface area contributed by atoms with Gasteiger partial charge in [-0.3, -0.25) is 0 Å². The monoisotopic (exact) mass is 957 g/mol. The Balaban J connectivity index is 0. The van der Waals surface area contributed by atoms with Crippen LogP contribution in [0.3, 0.4) is 0 Å². The van der Waals surface area contributed by atoms with Gasteiger partial charge in [0, 0.05) is 11.8 Å². The molecular weight excluding hydrogens is 922 g/mol. The molecule has 6 heteroatoms. The van der Waals surface area contributed by atoms with Gasteiger partial charge in [0.2, 0.25) is 0 Å². The van der Waals surface area contributed by atoms with E-state index in [0.29, 0.717) is 16.9 Å². The summed E-state index contributed by atoms with van der Waals surface area (Å²) >= 11 is 0. The molecule has 0 spiro atoms. The Labute approximate surface area is 276 Å². The fourth-order valence-electron chi connectivity index (χ4n) is 3.12. The fourth-order valence-corrected chi connectivity index (χ4v) is 3.12. The molecule has 0 fully saturated rings. The van der Waals surface area contributed by atoms with Crippen LogP contribution in [-0.2, 0) is 11.2 Å². The number of allylic oxidation sites excluding steroid dienone is 1. The molecule has 0 saturated heterocycles. The van der Waals surface area contributed by atoms with Crippen molar-refractivity contribution < 1.29 is 76.6 Å². The third-order valence-corrected chi connectivity index (χ3v) is 4.98. The molecule has 3 aromatic rings. The van der Waals surface area contributed by atoms with E-state index >= 15 is 0 Å². The first-order chi connectivity index (χ1) is 17.5. The average molecular weight is 958 g/mol. The van der Waals surface area contributed by atoms with Crippen molar-refractivity contribution in [3.8, 4) is 16.9 Å². The summed E-state index contributed by atoms with van der Waals surface area (Å²) in [6, 6.07) is 23.4. The second-order valence-electron chi connectivity index (χ2n) is 7.76. The zero-order chi connectivity index (χ0) is 26.6. The van der Waals surface area contributed by atoms with Crippen molar-refractivity contribution in [1.82, 2.24) is 0 Å². The van der Waals surface area contributed by atoms with Crippen molar-refractivity contribution in [2.24, 2.45) is 0 Å². The minimum absolute atomic E-state index is 0. The molecule has 0 radical (unpaired) electrons. The van der Waals surface area contributed by atoms with Gasteiger partial charge in [0.05, 0.1) is 0 Å². The summed E-state index contributed by atoms with van der Waals surface area (Å²) < 4.78 is 5.46. The van der Waals surface area contributed by atoms with E-state index < -0.39 is 5.97 Å². The van der Waals surface area contributed by atoms with Crippen LogP contribution >= 0.6 is 0 Å². The van der Waals surface area contributed by atoms with Gasteiger partial charge in [-0.2, -0.15) is 43.2 Å². The molecule has 0 aliphatic heterocycles. The van der Waals surface area contributed by atoms with Crippen molar-refractivity contribution in [3.63, 3.8) is 0 Å². The number of carbonyl (C=O) groups is 1. The van der Waals surface area contributed by atoms with Crippen LogP contribution in [0.2, 0.25) is 0 Å². The second kappa shape index (κ2) is 24.4. The van der Waals surface area contributed by atoms with Crippen molar-refractivity contribution in [2.75, 3.05) is 0 Å². The molecule has 0 saturated carbocycles. The molecule has 0 atom stereocenters. The summed E-state index contributed by atoms with van der Waals surface area (Å²) in [6.07, 6.45) is 10.5. The number of carbonyl (C=O) groups excluding carboxylic acids is 2. The molecule has 0 aromatic heterocycles. The van der Waals surface area contributed by atoms with Crippen molar-refractivity contribution in [3.05, 3.63) is 116 Å². The summed E-state index contributed by atoms with van der Waals surface area (Å²) in [5, 5.41) is 7.66. The Morgan fingerprint density at radius 2 is 1.55 bits per heavy atom. The number of aryl methyl sites for hydroxylation is 1. The Morgan fingerprint density at radius 1 is 1.00 bits per heavy atom. The van der Waals surface area contributed by atoms with Crippen LogP contribution in [-0.4, -0.2) is 18.5 Å². The molecule has 1 N–H and O–H groups in total. The van der Waals surface area contributed by atoms with Gasteiger partial charge in [-0.1, -0.05) is 56.5 Å². The van der Waals surface area contributed by atoms with Crippen LogP contribution in [0.1, 0.15) is 60.5 Å². The predicted octanol–water partition coefficient (Wildman–Crippen LogP) is 7.82. The first-order valence-corrected chi connectivity index (χ1v) is 12.0. The minimum atomic E-state index is -0.446. The Hall–Kier alpha value is -1.69. The van der Waals surface area contributed by atoms with Crippen LogP contribution < -0.4 is 4.74 Å². The van der Waals surface area contributed by atoms with Crippen LogP contribution in [0.25, 0.3) is 11.1 Å². The van der Waals surface area contributed by atoms with Gasteiger partial charge in [-0.15, -0.1) is 0 Å². The van der Waals surface area contributed by atoms with Crippen LogP contribution in [0.5, 0.6) is 5.75 Å². The molecule has 0 unspecified atom stereocenters. The van der Waals surface area contributed by atoms with Gasteiger partial charge in [-0.25, -0.2) is 17.4 Å². The maximum atomic E-state index is 12.2. The summed E-state index contributed by atoms with van der Waals surface area (Å²) in [4.78, 5) is 21.2. The topological polar surface area (TPSA) is 67.2 Å².